The summed E-state index contributed by atoms with van der Waals surface area (Å²) in [4.78, 5) is 27.0. The second-order valence-corrected chi connectivity index (χ2v) is 8.82. The topological polar surface area (TPSA) is 82.6 Å². The average Bonchev–Trinajstić information content (AvgIpc) is 2.89. The van der Waals surface area contributed by atoms with Gasteiger partial charge in [-0.1, -0.05) is 24.8 Å². The molecule has 0 bridgehead atoms. The molecule has 8 heteroatoms. The average molecular weight is 459 g/mol. The van der Waals surface area contributed by atoms with E-state index in [4.69, 9.17) is 9.72 Å². The molecule has 1 unspecified atom stereocenters. The van der Waals surface area contributed by atoms with E-state index in [-0.39, 0.29) is 5.78 Å². The van der Waals surface area contributed by atoms with Crippen LogP contribution in [0.1, 0.15) is 5.56 Å². The number of nitrogens with one attached hydrogen (secondary N) is 2. The Balaban J connectivity index is 1.43. The van der Waals surface area contributed by atoms with Gasteiger partial charge in [0.25, 0.3) is 0 Å². The summed E-state index contributed by atoms with van der Waals surface area (Å²) < 4.78 is 6.08. The number of fused-ring (bicyclic) bond motifs is 1. The number of rotatable bonds is 6. The molecule has 2 fully saturated rings. The zero-order valence-corrected chi connectivity index (χ0v) is 19.5. The number of likely N-dealkylation sites (N-methyl/N-ethyl adjacent to an activating group) is 1. The Kier molecular flexibility index (Phi) is 6.28. The summed E-state index contributed by atoms with van der Waals surface area (Å²) in [5.74, 6) is 0.289. The first kappa shape index (κ1) is 22.5. The van der Waals surface area contributed by atoms with Gasteiger partial charge in [-0.15, -0.1) is 0 Å². The molecule has 5 rings (SSSR count). The summed E-state index contributed by atoms with van der Waals surface area (Å²) in [7, 11) is 2.16. The van der Waals surface area contributed by atoms with E-state index in [2.05, 4.69) is 51.2 Å². The molecular weight excluding hydrogens is 428 g/mol. The predicted octanol–water partition coefficient (Wildman–Crippen LogP) is 2.70. The SMILES string of the molecule is C=CC(=O)C1(c2cccc3cnc(Nc4ccc(N5CCN(C)CC5)cc4)nc23)CNCCO1. The molecule has 2 aromatic carbocycles. The van der Waals surface area contributed by atoms with Gasteiger partial charge in [-0.2, -0.15) is 0 Å². The number of carbonyl (C=O) groups excluding carboxylic acids is 1. The maximum Gasteiger partial charge on any atom is 0.227 e. The third-order valence-corrected chi connectivity index (χ3v) is 6.62. The highest BCUT2D eigenvalue weighted by Gasteiger charge is 2.42. The van der Waals surface area contributed by atoms with Crippen molar-refractivity contribution in [3.8, 4) is 0 Å². The molecule has 2 aliphatic heterocycles. The number of ether oxygens (including phenoxy) is 1. The van der Waals surface area contributed by atoms with Gasteiger partial charge in [-0.05, 0) is 37.4 Å². The number of hydrogen-bond donors (Lipinski definition) is 2. The molecule has 0 spiro atoms. The molecule has 2 aliphatic rings. The summed E-state index contributed by atoms with van der Waals surface area (Å²) in [5.41, 5.74) is 2.38. The fraction of sp³-hybridized carbons (Fsp3) is 0.346. The Morgan fingerprint density at radius 3 is 2.68 bits per heavy atom. The molecule has 2 saturated heterocycles. The van der Waals surface area contributed by atoms with Crippen molar-refractivity contribution in [3.63, 3.8) is 0 Å². The largest absolute Gasteiger partial charge is 0.369 e. The predicted molar refractivity (Wildman–Crippen MR) is 135 cm³/mol. The lowest BCUT2D eigenvalue weighted by Crippen LogP contribution is -2.52. The van der Waals surface area contributed by atoms with Crippen molar-refractivity contribution in [3.05, 3.63) is 66.9 Å². The fourth-order valence-corrected chi connectivity index (χ4v) is 4.63. The van der Waals surface area contributed by atoms with Gasteiger partial charge in [0.1, 0.15) is 0 Å². The van der Waals surface area contributed by atoms with Gasteiger partial charge in [0, 0.05) is 67.8 Å². The summed E-state index contributed by atoms with van der Waals surface area (Å²) >= 11 is 0. The third kappa shape index (κ3) is 4.27. The minimum absolute atomic E-state index is 0.181. The number of benzene rings is 2. The Morgan fingerprint density at radius 1 is 1.18 bits per heavy atom. The Labute approximate surface area is 199 Å². The van der Waals surface area contributed by atoms with Crippen molar-refractivity contribution in [2.75, 3.05) is 63.1 Å². The minimum atomic E-state index is -1.14. The molecule has 0 radical (unpaired) electrons. The number of nitrogens with zero attached hydrogens (tertiary/aromatic N) is 4. The van der Waals surface area contributed by atoms with Crippen molar-refractivity contribution >= 4 is 34.0 Å². The quantitative estimate of drug-likeness (QED) is 0.546. The normalized spacial score (nSPS) is 21.4. The zero-order chi connectivity index (χ0) is 23.5. The molecule has 0 saturated carbocycles. The molecule has 8 nitrogen and oxygen atoms in total. The molecule has 1 atom stereocenters. The summed E-state index contributed by atoms with van der Waals surface area (Å²) in [6, 6.07) is 14.1. The van der Waals surface area contributed by atoms with Crippen molar-refractivity contribution in [2.45, 2.75) is 5.60 Å². The van der Waals surface area contributed by atoms with Crippen LogP contribution in [0.15, 0.2) is 61.3 Å². The monoisotopic (exact) mass is 458 g/mol. The van der Waals surface area contributed by atoms with E-state index in [1.165, 1.54) is 11.8 Å². The molecule has 3 heterocycles. The van der Waals surface area contributed by atoms with Gasteiger partial charge >= 0.3 is 0 Å². The van der Waals surface area contributed by atoms with Gasteiger partial charge in [0.15, 0.2) is 11.4 Å². The van der Waals surface area contributed by atoms with E-state index >= 15 is 0 Å². The number of para-hydroxylation sites is 1. The third-order valence-electron chi connectivity index (χ3n) is 6.62. The lowest BCUT2D eigenvalue weighted by molar-refractivity contribution is -0.144. The number of anilines is 3. The van der Waals surface area contributed by atoms with Crippen LogP contribution in [0.5, 0.6) is 0 Å². The first-order valence-corrected chi connectivity index (χ1v) is 11.7. The maximum atomic E-state index is 12.9. The second-order valence-electron chi connectivity index (χ2n) is 8.82. The van der Waals surface area contributed by atoms with E-state index in [0.29, 0.717) is 31.2 Å². The van der Waals surface area contributed by atoms with Crippen molar-refractivity contribution in [2.24, 2.45) is 0 Å². The van der Waals surface area contributed by atoms with Gasteiger partial charge in [0.2, 0.25) is 5.95 Å². The van der Waals surface area contributed by atoms with Crippen LogP contribution in [0, 0.1) is 0 Å². The summed E-state index contributed by atoms with van der Waals surface area (Å²) in [6.07, 6.45) is 3.10. The van der Waals surface area contributed by atoms with E-state index in [9.17, 15) is 4.79 Å². The fourth-order valence-electron chi connectivity index (χ4n) is 4.63. The minimum Gasteiger partial charge on any atom is -0.369 e. The highest BCUT2D eigenvalue weighted by molar-refractivity contribution is 6.01. The highest BCUT2D eigenvalue weighted by Crippen LogP contribution is 2.34. The van der Waals surface area contributed by atoms with Crippen LogP contribution in [-0.2, 0) is 15.1 Å². The summed E-state index contributed by atoms with van der Waals surface area (Å²) in [5, 5.41) is 7.44. The van der Waals surface area contributed by atoms with Crippen LogP contribution < -0.4 is 15.5 Å². The standard InChI is InChI=1S/C26H30N6O2/c1-3-23(33)26(18-27-11-16-34-26)22-6-4-5-19-17-28-25(30-24(19)22)29-20-7-9-21(10-8-20)32-14-12-31(2)13-15-32/h3-10,17,27H,1,11-16,18H2,2H3,(H,28,29,30). The van der Waals surface area contributed by atoms with Crippen LogP contribution in [-0.4, -0.2) is 73.6 Å². The summed E-state index contributed by atoms with van der Waals surface area (Å²) in [6.45, 7) is 9.41. The highest BCUT2D eigenvalue weighted by atomic mass is 16.5. The number of carbonyl (C=O) groups is 1. The lowest BCUT2D eigenvalue weighted by atomic mass is 9.86. The Morgan fingerprint density at radius 2 is 1.97 bits per heavy atom. The van der Waals surface area contributed by atoms with Crippen molar-refractivity contribution in [1.29, 1.82) is 0 Å². The molecule has 0 aliphatic carbocycles. The lowest BCUT2D eigenvalue weighted by Gasteiger charge is -2.36. The number of piperazine rings is 1. The van der Waals surface area contributed by atoms with Gasteiger partial charge in [0.05, 0.1) is 12.1 Å². The van der Waals surface area contributed by atoms with Crippen molar-refractivity contribution < 1.29 is 9.53 Å². The number of morpholine rings is 1. The Bertz CT molecular complexity index is 1180. The van der Waals surface area contributed by atoms with Gasteiger partial charge in [-0.3, -0.25) is 4.79 Å². The van der Waals surface area contributed by atoms with Crippen molar-refractivity contribution in [1.82, 2.24) is 20.2 Å². The first-order chi connectivity index (χ1) is 16.6. The van der Waals surface area contributed by atoms with Crippen LogP contribution in [0.2, 0.25) is 0 Å². The van der Waals surface area contributed by atoms with Crippen LogP contribution >= 0.6 is 0 Å². The molecule has 34 heavy (non-hydrogen) atoms. The number of ketones is 1. The number of aromatic nitrogens is 2. The molecule has 0 amide bonds. The van der Waals surface area contributed by atoms with E-state index in [0.717, 1.165) is 42.8 Å². The second kappa shape index (κ2) is 9.50. The number of hydrogen-bond acceptors (Lipinski definition) is 8. The Hall–Kier alpha value is -3.33. The van der Waals surface area contributed by atoms with Crippen LogP contribution in [0.25, 0.3) is 10.9 Å². The molecule has 3 aromatic rings. The van der Waals surface area contributed by atoms with Crippen LogP contribution in [0.4, 0.5) is 17.3 Å². The molecule has 2 N–H and O–H groups in total. The van der Waals surface area contributed by atoms with E-state index < -0.39 is 5.60 Å². The maximum absolute atomic E-state index is 12.9. The van der Waals surface area contributed by atoms with E-state index in [1.807, 2.05) is 30.3 Å². The van der Waals surface area contributed by atoms with Gasteiger partial charge < -0.3 is 25.2 Å². The van der Waals surface area contributed by atoms with E-state index in [1.54, 1.807) is 6.20 Å². The molecular formula is C26H30N6O2. The smallest absolute Gasteiger partial charge is 0.227 e. The van der Waals surface area contributed by atoms with Crippen LogP contribution in [0.3, 0.4) is 0 Å². The van der Waals surface area contributed by atoms with Gasteiger partial charge in [-0.25, -0.2) is 9.97 Å². The molecule has 1 aromatic heterocycles. The first-order valence-electron chi connectivity index (χ1n) is 11.7. The zero-order valence-electron chi connectivity index (χ0n) is 19.5. The molecule has 176 valence electrons.